The summed E-state index contributed by atoms with van der Waals surface area (Å²) in [6.45, 7) is 2.39. The van der Waals surface area contributed by atoms with Gasteiger partial charge in [-0.15, -0.1) is 0 Å². The largest absolute Gasteiger partial charge is 0.456 e. The number of hydrogen-bond acceptors (Lipinski definition) is 2. The van der Waals surface area contributed by atoms with Crippen molar-refractivity contribution in [2.45, 2.75) is 12.3 Å². The zero-order chi connectivity index (χ0) is 37.2. The highest BCUT2D eigenvalue weighted by atomic mass is 16.5. The molecule has 0 bridgehead atoms. The van der Waals surface area contributed by atoms with Crippen molar-refractivity contribution in [2.75, 3.05) is 4.90 Å². The van der Waals surface area contributed by atoms with Crippen molar-refractivity contribution < 1.29 is 4.74 Å². The molecule has 0 saturated heterocycles. The van der Waals surface area contributed by atoms with Crippen molar-refractivity contribution in [3.8, 4) is 56.0 Å². The molecule has 9 aromatic rings. The Hall–Kier alpha value is -7.16. The molecule has 2 heteroatoms. The summed E-state index contributed by atoms with van der Waals surface area (Å²) in [6.07, 6.45) is 0. The second-order valence-electron chi connectivity index (χ2n) is 15.0. The molecule has 0 spiro atoms. The minimum absolute atomic E-state index is 0.318. The topological polar surface area (TPSA) is 12.5 Å². The van der Waals surface area contributed by atoms with Crippen LogP contribution in [-0.2, 0) is 5.41 Å². The van der Waals surface area contributed by atoms with E-state index in [1.54, 1.807) is 0 Å². The van der Waals surface area contributed by atoms with Gasteiger partial charge in [0.25, 0.3) is 0 Å². The molecular weight excluding hydrogens is 679 g/mol. The van der Waals surface area contributed by atoms with Crippen LogP contribution in [0.3, 0.4) is 0 Å². The maximum Gasteiger partial charge on any atom is 0.135 e. The Bertz CT molecular complexity index is 2910. The zero-order valence-electron chi connectivity index (χ0n) is 31.0. The average Bonchev–Trinajstić information content (AvgIpc) is 3.53. The Morgan fingerprint density at radius 3 is 1.77 bits per heavy atom. The van der Waals surface area contributed by atoms with Gasteiger partial charge in [0.15, 0.2) is 0 Å². The summed E-state index contributed by atoms with van der Waals surface area (Å²) in [6, 6.07) is 74.8. The number of hydrogen-bond donors (Lipinski definition) is 0. The summed E-state index contributed by atoms with van der Waals surface area (Å²) in [4.78, 5) is 2.43. The number of rotatable bonds is 6. The number of fused-ring (bicyclic) bond motifs is 5. The molecule has 56 heavy (non-hydrogen) atoms. The van der Waals surface area contributed by atoms with Crippen molar-refractivity contribution in [1.82, 2.24) is 0 Å². The summed E-state index contributed by atoms with van der Waals surface area (Å²) in [5, 5.41) is 2.34. The van der Waals surface area contributed by atoms with Gasteiger partial charge in [-0.05, 0) is 111 Å². The molecule has 0 unspecified atom stereocenters. The molecule has 0 N–H and O–H groups in total. The van der Waals surface area contributed by atoms with Crippen LogP contribution in [-0.4, -0.2) is 0 Å². The van der Waals surface area contributed by atoms with Crippen LogP contribution in [0, 0.1) is 0 Å². The lowest BCUT2D eigenvalue weighted by Gasteiger charge is -2.32. The smallest absolute Gasteiger partial charge is 0.135 e. The predicted octanol–water partition coefficient (Wildman–Crippen LogP) is 14.8. The van der Waals surface area contributed by atoms with E-state index in [0.717, 1.165) is 50.6 Å². The van der Waals surface area contributed by atoms with Crippen LogP contribution in [0.4, 0.5) is 17.1 Å². The summed E-state index contributed by atoms with van der Waals surface area (Å²) in [5.41, 5.74) is 16.5. The molecule has 11 rings (SSSR count). The van der Waals surface area contributed by atoms with Crippen LogP contribution in [0.5, 0.6) is 11.5 Å². The van der Waals surface area contributed by atoms with Crippen molar-refractivity contribution in [3.63, 3.8) is 0 Å². The molecule has 1 heterocycles. The van der Waals surface area contributed by atoms with E-state index in [1.165, 1.54) is 49.9 Å². The molecule has 0 aromatic heterocycles. The minimum atomic E-state index is -0.318. The van der Waals surface area contributed by atoms with Crippen molar-refractivity contribution in [1.29, 1.82) is 0 Å². The Morgan fingerprint density at radius 1 is 0.393 bits per heavy atom. The number of para-hydroxylation sites is 1. The van der Waals surface area contributed by atoms with E-state index in [0.29, 0.717) is 0 Å². The third-order valence-corrected chi connectivity index (χ3v) is 11.9. The van der Waals surface area contributed by atoms with Gasteiger partial charge in [0.05, 0.1) is 5.69 Å². The number of ether oxygens (including phenoxy) is 1. The van der Waals surface area contributed by atoms with Crippen LogP contribution < -0.4 is 9.64 Å². The molecule has 0 atom stereocenters. The van der Waals surface area contributed by atoms with Gasteiger partial charge in [-0.3, -0.25) is 0 Å². The van der Waals surface area contributed by atoms with Crippen LogP contribution in [0.1, 0.15) is 23.6 Å². The molecule has 2 aliphatic rings. The van der Waals surface area contributed by atoms with Crippen LogP contribution in [0.25, 0.3) is 55.3 Å². The Morgan fingerprint density at radius 2 is 1.00 bits per heavy atom. The fraction of sp³-hybridized carbons (Fsp3) is 0.0370. The molecule has 0 fully saturated rings. The fourth-order valence-electron chi connectivity index (χ4n) is 9.23. The first kappa shape index (κ1) is 32.3. The standard InChI is InChI=1S/C54H37NO/c1-54(48-24-8-5-21-44(48)45-22-6-9-25-49(45)54)40-18-13-19-42(35-40)55(41-31-28-37(29-32-41)36-14-3-2-4-15-36)50-26-10-7-20-43(50)39-30-33-51-47(34-39)46-23-11-16-38-17-12-27-52(56-51)53(38)46/h2-35H,1H3. The van der Waals surface area contributed by atoms with Crippen molar-refractivity contribution >= 4 is 27.8 Å². The first-order valence-corrected chi connectivity index (χ1v) is 19.3. The number of nitrogens with zero attached hydrogens (tertiary/aromatic N) is 1. The summed E-state index contributed by atoms with van der Waals surface area (Å²) in [5.74, 6) is 1.79. The normalized spacial score (nSPS) is 13.0. The third kappa shape index (κ3) is 4.96. The minimum Gasteiger partial charge on any atom is -0.456 e. The quantitative estimate of drug-likeness (QED) is 0.170. The maximum absolute atomic E-state index is 6.52. The summed E-state index contributed by atoms with van der Waals surface area (Å²) >= 11 is 0. The SMILES string of the molecule is CC1(c2cccc(N(c3ccc(-c4ccccc4)cc3)c3ccccc3-c3ccc4c(c3)-c3cccc5cccc(c35)O4)c2)c2ccccc2-c2ccccc21. The molecule has 2 nitrogen and oxygen atoms in total. The van der Waals surface area contributed by atoms with E-state index < -0.39 is 0 Å². The summed E-state index contributed by atoms with van der Waals surface area (Å²) < 4.78 is 6.52. The highest BCUT2D eigenvalue weighted by molar-refractivity contribution is 6.05. The van der Waals surface area contributed by atoms with Crippen molar-refractivity contribution in [2.24, 2.45) is 0 Å². The Kier molecular flexibility index (Phi) is 7.33. The lowest BCUT2D eigenvalue weighted by Crippen LogP contribution is -2.23. The first-order chi connectivity index (χ1) is 27.6. The maximum atomic E-state index is 6.52. The molecule has 0 saturated carbocycles. The van der Waals surface area contributed by atoms with E-state index in [2.05, 4.69) is 218 Å². The highest BCUT2D eigenvalue weighted by Gasteiger charge is 2.40. The van der Waals surface area contributed by atoms with E-state index in [4.69, 9.17) is 4.74 Å². The van der Waals surface area contributed by atoms with E-state index in [-0.39, 0.29) is 5.41 Å². The average molecular weight is 716 g/mol. The fourth-order valence-corrected chi connectivity index (χ4v) is 9.23. The lowest BCUT2D eigenvalue weighted by molar-refractivity contribution is 0.487. The second-order valence-corrected chi connectivity index (χ2v) is 15.0. The van der Waals surface area contributed by atoms with Gasteiger partial charge in [-0.25, -0.2) is 0 Å². The molecule has 0 amide bonds. The molecular formula is C54H37NO. The predicted molar refractivity (Wildman–Crippen MR) is 232 cm³/mol. The molecule has 264 valence electrons. The Balaban J connectivity index is 1.09. The van der Waals surface area contributed by atoms with Crippen LogP contribution in [0.15, 0.2) is 206 Å². The van der Waals surface area contributed by atoms with Gasteiger partial charge in [0, 0.05) is 33.3 Å². The van der Waals surface area contributed by atoms with Gasteiger partial charge in [0.1, 0.15) is 11.5 Å². The van der Waals surface area contributed by atoms with Gasteiger partial charge in [-0.2, -0.15) is 0 Å². The number of benzene rings is 9. The highest BCUT2D eigenvalue weighted by Crippen LogP contribution is 2.54. The van der Waals surface area contributed by atoms with Gasteiger partial charge in [0.2, 0.25) is 0 Å². The summed E-state index contributed by atoms with van der Waals surface area (Å²) in [7, 11) is 0. The van der Waals surface area contributed by atoms with E-state index >= 15 is 0 Å². The van der Waals surface area contributed by atoms with Crippen LogP contribution >= 0.6 is 0 Å². The number of anilines is 3. The lowest BCUT2D eigenvalue weighted by atomic mass is 9.74. The molecule has 1 aliphatic heterocycles. The van der Waals surface area contributed by atoms with Gasteiger partial charge < -0.3 is 9.64 Å². The molecule has 1 aliphatic carbocycles. The molecule has 9 aromatic carbocycles. The van der Waals surface area contributed by atoms with E-state index in [9.17, 15) is 0 Å². The molecule has 0 radical (unpaired) electrons. The first-order valence-electron chi connectivity index (χ1n) is 19.3. The van der Waals surface area contributed by atoms with Gasteiger partial charge >= 0.3 is 0 Å². The van der Waals surface area contributed by atoms with E-state index in [1.807, 2.05) is 0 Å². The van der Waals surface area contributed by atoms with Crippen molar-refractivity contribution in [3.05, 3.63) is 223 Å². The van der Waals surface area contributed by atoms with Gasteiger partial charge in [-0.1, -0.05) is 158 Å². The zero-order valence-corrected chi connectivity index (χ0v) is 31.0. The second kappa shape index (κ2) is 12.7. The third-order valence-electron chi connectivity index (χ3n) is 11.9. The van der Waals surface area contributed by atoms with Crippen LogP contribution in [0.2, 0.25) is 0 Å². The monoisotopic (exact) mass is 715 g/mol. The Labute approximate surface area is 327 Å².